The number of hydrogen-bond acceptors (Lipinski definition) is 5. The summed E-state index contributed by atoms with van der Waals surface area (Å²) in [6.45, 7) is 5.51. The second-order valence-corrected chi connectivity index (χ2v) is 7.01. The summed E-state index contributed by atoms with van der Waals surface area (Å²) in [5.74, 6) is -1.64. The third-order valence-corrected chi connectivity index (χ3v) is 3.81. The molecule has 1 aromatic rings. The minimum absolute atomic E-state index is 0.0402. The van der Waals surface area contributed by atoms with Crippen LogP contribution in [0.3, 0.4) is 0 Å². The maximum Gasteiger partial charge on any atom is 0.411 e. The second-order valence-electron chi connectivity index (χ2n) is 7.01. The normalized spacial score (nSPS) is 16.8. The molecule has 0 radical (unpaired) electrons. The number of nitrogens with one attached hydrogen (secondary N) is 1. The van der Waals surface area contributed by atoms with Crippen molar-refractivity contribution in [2.24, 2.45) is 0 Å². The van der Waals surface area contributed by atoms with Crippen LogP contribution in [-0.4, -0.2) is 41.1 Å². The van der Waals surface area contributed by atoms with Crippen LogP contribution in [0.4, 0.5) is 4.79 Å². The first kappa shape index (κ1) is 18.8. The van der Waals surface area contributed by atoms with Gasteiger partial charge >= 0.3 is 6.09 Å². The van der Waals surface area contributed by atoms with Crippen LogP contribution in [0.25, 0.3) is 0 Å². The summed E-state index contributed by atoms with van der Waals surface area (Å²) in [6, 6.07) is 6.85. The molecule has 0 saturated carbocycles. The zero-order valence-electron chi connectivity index (χ0n) is 14.7. The van der Waals surface area contributed by atoms with E-state index in [-0.39, 0.29) is 19.5 Å². The minimum Gasteiger partial charge on any atom is -0.550 e. The summed E-state index contributed by atoms with van der Waals surface area (Å²) in [7, 11) is 0. The van der Waals surface area contributed by atoms with Crippen LogP contribution in [0, 0.1) is 0 Å². The molecule has 2 amide bonds. The van der Waals surface area contributed by atoms with Gasteiger partial charge in [-0.15, -0.1) is 0 Å². The number of amides is 2. The standard InChI is InChI=1S/C18H24N2O5/c1-18(2,3)25-17(24)20-11-13-7-5-4-6-12(13)10-14(20)16(23)19-9-8-15(21)22/h4-7,14H,8-11H2,1-3H3,(H,19,23)(H,21,22)/p-1/t14-/m0/s1. The number of nitrogens with zero attached hydrogens (tertiary/aromatic N) is 1. The van der Waals surface area contributed by atoms with Crippen LogP contribution in [0.5, 0.6) is 0 Å². The molecule has 7 heteroatoms. The molecule has 0 aromatic heterocycles. The third kappa shape index (κ3) is 5.20. The van der Waals surface area contributed by atoms with Crippen molar-refractivity contribution in [3.8, 4) is 0 Å². The Bertz CT molecular complexity index is 666. The molecule has 25 heavy (non-hydrogen) atoms. The Kier molecular flexibility index (Phi) is 5.66. The van der Waals surface area contributed by atoms with Gasteiger partial charge in [-0.05, 0) is 31.9 Å². The highest BCUT2D eigenvalue weighted by Gasteiger charge is 2.36. The van der Waals surface area contributed by atoms with Crippen molar-refractivity contribution < 1.29 is 24.2 Å². The van der Waals surface area contributed by atoms with Crippen molar-refractivity contribution in [1.29, 1.82) is 0 Å². The van der Waals surface area contributed by atoms with Crippen LogP contribution in [0.15, 0.2) is 24.3 Å². The average molecular weight is 347 g/mol. The molecule has 0 saturated heterocycles. The van der Waals surface area contributed by atoms with Gasteiger partial charge in [0.05, 0.1) is 6.54 Å². The lowest BCUT2D eigenvalue weighted by molar-refractivity contribution is -0.305. The van der Waals surface area contributed by atoms with Gasteiger partial charge in [0.25, 0.3) is 0 Å². The number of carbonyl (C=O) groups is 3. The van der Waals surface area contributed by atoms with E-state index in [9.17, 15) is 19.5 Å². The van der Waals surface area contributed by atoms with E-state index in [4.69, 9.17) is 4.74 Å². The molecule has 1 aromatic carbocycles. The Morgan fingerprint density at radius 3 is 2.48 bits per heavy atom. The van der Waals surface area contributed by atoms with E-state index in [1.807, 2.05) is 24.3 Å². The maximum absolute atomic E-state index is 12.5. The predicted molar refractivity (Wildman–Crippen MR) is 88.3 cm³/mol. The van der Waals surface area contributed by atoms with E-state index in [1.54, 1.807) is 20.8 Å². The lowest BCUT2D eigenvalue weighted by Crippen LogP contribution is -2.54. The van der Waals surface area contributed by atoms with E-state index in [1.165, 1.54) is 4.90 Å². The summed E-state index contributed by atoms with van der Waals surface area (Å²) in [6.07, 6.45) is -0.490. The van der Waals surface area contributed by atoms with E-state index < -0.39 is 29.6 Å². The van der Waals surface area contributed by atoms with Crippen molar-refractivity contribution in [1.82, 2.24) is 10.2 Å². The molecule has 1 aliphatic rings. The topological polar surface area (TPSA) is 98.8 Å². The van der Waals surface area contributed by atoms with Gasteiger partial charge in [-0.2, -0.15) is 0 Å². The third-order valence-electron chi connectivity index (χ3n) is 3.81. The number of rotatable bonds is 4. The van der Waals surface area contributed by atoms with Gasteiger partial charge in [0.2, 0.25) is 5.91 Å². The first-order valence-electron chi connectivity index (χ1n) is 8.21. The molecule has 136 valence electrons. The van der Waals surface area contributed by atoms with E-state index in [0.717, 1.165) is 11.1 Å². The van der Waals surface area contributed by atoms with Gasteiger partial charge in [-0.3, -0.25) is 9.69 Å². The average Bonchev–Trinajstić information content (AvgIpc) is 2.51. The molecule has 0 fully saturated rings. The van der Waals surface area contributed by atoms with Crippen LogP contribution in [0.2, 0.25) is 0 Å². The fraction of sp³-hybridized carbons (Fsp3) is 0.500. The van der Waals surface area contributed by atoms with Crippen LogP contribution in [0.1, 0.15) is 38.3 Å². The molecule has 2 rings (SSSR count). The molecule has 1 N–H and O–H groups in total. The Morgan fingerprint density at radius 2 is 1.88 bits per heavy atom. The molecular formula is C18H23N2O5-. The number of carbonyl (C=O) groups excluding carboxylic acids is 3. The monoisotopic (exact) mass is 347 g/mol. The Morgan fingerprint density at radius 1 is 1.24 bits per heavy atom. The molecule has 1 heterocycles. The Hall–Kier alpha value is -2.57. The highest BCUT2D eigenvalue weighted by Crippen LogP contribution is 2.25. The van der Waals surface area contributed by atoms with Crippen molar-refractivity contribution in [3.63, 3.8) is 0 Å². The van der Waals surface area contributed by atoms with Crippen LogP contribution >= 0.6 is 0 Å². The van der Waals surface area contributed by atoms with Gasteiger partial charge in [-0.1, -0.05) is 24.3 Å². The maximum atomic E-state index is 12.5. The summed E-state index contributed by atoms with van der Waals surface area (Å²) in [5.41, 5.74) is 1.28. The fourth-order valence-corrected chi connectivity index (χ4v) is 2.68. The second kappa shape index (κ2) is 7.55. The Labute approximate surface area is 147 Å². The summed E-state index contributed by atoms with van der Waals surface area (Å²) in [4.78, 5) is 36.9. The molecule has 7 nitrogen and oxygen atoms in total. The Balaban J connectivity index is 2.18. The van der Waals surface area contributed by atoms with Gasteiger partial charge < -0.3 is 20.0 Å². The fourth-order valence-electron chi connectivity index (χ4n) is 2.68. The number of hydrogen-bond donors (Lipinski definition) is 1. The van der Waals surface area contributed by atoms with Crippen LogP contribution in [-0.2, 0) is 27.3 Å². The van der Waals surface area contributed by atoms with Crippen molar-refractivity contribution in [3.05, 3.63) is 35.4 Å². The van der Waals surface area contributed by atoms with E-state index in [0.29, 0.717) is 6.42 Å². The van der Waals surface area contributed by atoms with Gasteiger partial charge in [0, 0.05) is 25.4 Å². The lowest BCUT2D eigenvalue weighted by Gasteiger charge is -2.36. The zero-order valence-corrected chi connectivity index (χ0v) is 14.7. The lowest BCUT2D eigenvalue weighted by atomic mass is 9.94. The first-order chi connectivity index (χ1) is 11.7. The highest BCUT2D eigenvalue weighted by molar-refractivity contribution is 5.86. The van der Waals surface area contributed by atoms with Crippen molar-refractivity contribution >= 4 is 18.0 Å². The summed E-state index contributed by atoms with van der Waals surface area (Å²) in [5, 5.41) is 13.1. The van der Waals surface area contributed by atoms with Crippen molar-refractivity contribution in [2.75, 3.05) is 6.54 Å². The SMILES string of the molecule is CC(C)(C)OC(=O)N1Cc2ccccc2C[C@H]1C(=O)NCCC(=O)[O-]. The van der Waals surface area contributed by atoms with E-state index >= 15 is 0 Å². The molecule has 1 atom stereocenters. The number of aliphatic carboxylic acids is 1. The van der Waals surface area contributed by atoms with Gasteiger partial charge in [0.1, 0.15) is 11.6 Å². The molecule has 1 aliphatic heterocycles. The molecule has 0 unspecified atom stereocenters. The van der Waals surface area contributed by atoms with Gasteiger partial charge in [0.15, 0.2) is 0 Å². The minimum atomic E-state index is -1.24. The number of carboxylic acids is 1. The molecule has 0 spiro atoms. The van der Waals surface area contributed by atoms with Crippen LogP contribution < -0.4 is 10.4 Å². The first-order valence-corrected chi connectivity index (χ1v) is 8.21. The quantitative estimate of drug-likeness (QED) is 0.860. The molecule has 0 aliphatic carbocycles. The number of benzene rings is 1. The largest absolute Gasteiger partial charge is 0.550 e. The summed E-state index contributed by atoms with van der Waals surface area (Å²) >= 11 is 0. The number of carboxylic acid groups (broad SMARTS) is 1. The zero-order chi connectivity index (χ0) is 18.6. The number of fused-ring (bicyclic) bond motifs is 1. The highest BCUT2D eigenvalue weighted by atomic mass is 16.6. The molecule has 0 bridgehead atoms. The van der Waals surface area contributed by atoms with Gasteiger partial charge in [-0.25, -0.2) is 4.79 Å². The predicted octanol–water partition coefficient (Wildman–Crippen LogP) is 0.605. The van der Waals surface area contributed by atoms with Crippen molar-refractivity contribution in [2.45, 2.75) is 51.8 Å². The van der Waals surface area contributed by atoms with E-state index in [2.05, 4.69) is 5.32 Å². The molecular weight excluding hydrogens is 324 g/mol. The smallest absolute Gasteiger partial charge is 0.411 e. The summed E-state index contributed by atoms with van der Waals surface area (Å²) < 4.78 is 5.42. The number of ether oxygens (including phenoxy) is 1.